The number of amides is 2. The van der Waals surface area contributed by atoms with Crippen LogP contribution in [-0.4, -0.2) is 56.4 Å². The number of carbonyl (C=O) groups excluding carboxylic acids is 2. The van der Waals surface area contributed by atoms with E-state index in [9.17, 15) is 22.8 Å². The Kier molecular flexibility index (Phi) is 7.01. The van der Waals surface area contributed by atoms with Crippen molar-refractivity contribution in [1.29, 1.82) is 0 Å². The van der Waals surface area contributed by atoms with Crippen LogP contribution in [0.4, 0.5) is 23.7 Å². The van der Waals surface area contributed by atoms with Crippen molar-refractivity contribution in [2.75, 3.05) is 13.1 Å². The molecule has 2 aromatic carbocycles. The van der Waals surface area contributed by atoms with E-state index in [0.717, 1.165) is 28.3 Å². The lowest BCUT2D eigenvalue weighted by Gasteiger charge is -2.36. The van der Waals surface area contributed by atoms with Gasteiger partial charge >= 0.3 is 12.5 Å². The number of carbonyl (C=O) groups is 2. The molecule has 0 aliphatic carbocycles. The summed E-state index contributed by atoms with van der Waals surface area (Å²) in [4.78, 5) is 36.6. The first-order valence-corrected chi connectivity index (χ1v) is 12.2. The summed E-state index contributed by atoms with van der Waals surface area (Å²) >= 11 is 0. The molecule has 12 heteroatoms. The van der Waals surface area contributed by atoms with Crippen molar-refractivity contribution < 1.29 is 32.2 Å². The zero-order valence-corrected chi connectivity index (χ0v) is 20.7. The zero-order chi connectivity index (χ0) is 27.6. The van der Waals surface area contributed by atoms with E-state index < -0.39 is 29.7 Å². The maximum Gasteiger partial charge on any atom is 0.573 e. The molecule has 0 unspecified atom stereocenters. The first-order chi connectivity index (χ1) is 18.6. The molecule has 39 heavy (non-hydrogen) atoms. The molecular weight excluding hydrogens is 515 g/mol. The van der Waals surface area contributed by atoms with E-state index in [0.29, 0.717) is 50.3 Å². The average molecular weight is 540 g/mol. The number of alkyl halides is 3. The number of imide groups is 1. The van der Waals surface area contributed by atoms with Crippen LogP contribution in [0.1, 0.15) is 29.7 Å². The van der Waals surface area contributed by atoms with Gasteiger partial charge in [0, 0.05) is 45.2 Å². The Hall–Kier alpha value is -4.37. The molecule has 2 amide bonds. The van der Waals surface area contributed by atoms with E-state index in [4.69, 9.17) is 11.3 Å². The van der Waals surface area contributed by atoms with Gasteiger partial charge in [0.25, 0.3) is 5.91 Å². The lowest BCUT2D eigenvalue weighted by Crippen LogP contribution is -2.49. The maximum atomic E-state index is 13.3. The average Bonchev–Trinajstić information content (AvgIpc) is 3.42. The monoisotopic (exact) mass is 539 g/mol. The van der Waals surface area contributed by atoms with Crippen LogP contribution in [0.15, 0.2) is 61.1 Å². The first kappa shape index (κ1) is 26.2. The number of halogens is 3. The molecule has 2 fully saturated rings. The summed E-state index contributed by atoms with van der Waals surface area (Å²) < 4.78 is 49.2. The number of hydrogen-bond donors (Lipinski definition) is 0. The van der Waals surface area contributed by atoms with Gasteiger partial charge in [-0.15, -0.1) is 13.2 Å². The van der Waals surface area contributed by atoms with Gasteiger partial charge in [0.05, 0.1) is 25.1 Å². The van der Waals surface area contributed by atoms with Crippen molar-refractivity contribution in [3.05, 3.63) is 89.3 Å². The maximum absolute atomic E-state index is 13.3. The molecule has 202 valence electrons. The Morgan fingerprint density at radius 1 is 1.03 bits per heavy atom. The fourth-order valence-corrected chi connectivity index (χ4v) is 4.87. The lowest BCUT2D eigenvalue weighted by atomic mass is 9.90. The van der Waals surface area contributed by atoms with Crippen LogP contribution >= 0.6 is 0 Å². The van der Waals surface area contributed by atoms with Crippen molar-refractivity contribution >= 4 is 17.7 Å². The summed E-state index contributed by atoms with van der Waals surface area (Å²) in [6.45, 7) is 9.07. The van der Waals surface area contributed by atoms with Gasteiger partial charge in [-0.2, -0.15) is 0 Å². The van der Waals surface area contributed by atoms with E-state index in [1.54, 1.807) is 24.7 Å². The molecule has 1 spiro atoms. The summed E-state index contributed by atoms with van der Waals surface area (Å²) in [6, 6.07) is 12.5. The molecule has 3 aromatic rings. The topological polar surface area (TPSA) is 81.3 Å². The van der Waals surface area contributed by atoms with E-state index in [1.165, 1.54) is 12.1 Å². The van der Waals surface area contributed by atoms with Crippen LogP contribution in [0.25, 0.3) is 4.85 Å². The van der Waals surface area contributed by atoms with Gasteiger partial charge in [0.2, 0.25) is 0 Å². The largest absolute Gasteiger partial charge is 0.573 e. The highest BCUT2D eigenvalue weighted by molar-refractivity contribution is 6.03. The van der Waals surface area contributed by atoms with Crippen LogP contribution in [0, 0.1) is 6.57 Å². The van der Waals surface area contributed by atoms with Crippen molar-refractivity contribution in [3.63, 3.8) is 0 Å². The third-order valence-electron chi connectivity index (χ3n) is 6.88. The van der Waals surface area contributed by atoms with Crippen molar-refractivity contribution in [1.82, 2.24) is 19.4 Å². The Balaban J connectivity index is 1.19. The molecule has 0 N–H and O–H groups in total. The predicted molar refractivity (Wildman–Crippen MR) is 131 cm³/mol. The van der Waals surface area contributed by atoms with E-state index >= 15 is 0 Å². The number of likely N-dealkylation sites (tertiary alicyclic amines) is 1. The highest BCUT2D eigenvalue weighted by Gasteiger charge is 2.54. The number of nitrogens with zero attached hydrogens (tertiary/aromatic N) is 5. The van der Waals surface area contributed by atoms with Gasteiger partial charge in [-0.1, -0.05) is 36.4 Å². The number of piperidine rings is 1. The van der Waals surface area contributed by atoms with E-state index in [1.807, 2.05) is 16.7 Å². The lowest BCUT2D eigenvalue weighted by molar-refractivity contribution is -0.274. The second-order valence-electron chi connectivity index (χ2n) is 9.52. The minimum Gasteiger partial charge on any atom is -0.432 e. The van der Waals surface area contributed by atoms with Crippen LogP contribution in [0.5, 0.6) is 5.75 Å². The van der Waals surface area contributed by atoms with Crippen LogP contribution in [0.2, 0.25) is 0 Å². The Bertz CT molecular complexity index is 1410. The van der Waals surface area contributed by atoms with Gasteiger partial charge in [0.15, 0.2) is 11.3 Å². The summed E-state index contributed by atoms with van der Waals surface area (Å²) in [6.07, 6.45) is -1.51. The van der Waals surface area contributed by atoms with Crippen molar-refractivity contribution in [3.8, 4) is 5.75 Å². The number of benzene rings is 2. The normalized spacial score (nSPS) is 17.3. The Morgan fingerprint density at radius 2 is 1.77 bits per heavy atom. The second kappa shape index (κ2) is 10.4. The quantitative estimate of drug-likeness (QED) is 0.398. The third-order valence-corrected chi connectivity index (χ3v) is 6.88. The SMILES string of the molecule is [C-]#[N+]c1ccc(Cn2cncc2CN2CCC3(CC2)OC(=O)N(Cc2cccc(OC(F)(F)F)c2)C3=O)cc1. The molecule has 0 radical (unpaired) electrons. The fourth-order valence-electron chi connectivity index (χ4n) is 4.87. The molecule has 0 bridgehead atoms. The molecule has 2 aliphatic heterocycles. The summed E-state index contributed by atoms with van der Waals surface area (Å²) in [5.41, 5.74) is 1.64. The van der Waals surface area contributed by atoms with Crippen LogP contribution < -0.4 is 4.74 Å². The predicted octanol–water partition coefficient (Wildman–Crippen LogP) is 4.89. The summed E-state index contributed by atoms with van der Waals surface area (Å²) in [7, 11) is 0. The third kappa shape index (κ3) is 5.88. The molecule has 0 saturated carbocycles. The number of ether oxygens (including phenoxy) is 2. The Morgan fingerprint density at radius 3 is 2.46 bits per heavy atom. The van der Waals surface area contributed by atoms with Crippen LogP contribution in [0.3, 0.4) is 0 Å². The minimum atomic E-state index is -4.85. The molecular formula is C27H24F3N5O4. The standard InChI is InChI=1S/C27H24F3N5O4/c1-31-21-7-5-19(6-8-21)15-34-18-32-14-22(34)17-33-11-9-26(10-12-33)24(36)35(25(37)39-26)16-20-3-2-4-23(13-20)38-27(28,29)30/h2-8,13-14,18H,9-12,15-17H2. The molecule has 2 aliphatic rings. The highest BCUT2D eigenvalue weighted by Crippen LogP contribution is 2.36. The van der Waals surface area contributed by atoms with Gasteiger partial charge in [-0.25, -0.2) is 19.5 Å². The minimum absolute atomic E-state index is 0.214. The van der Waals surface area contributed by atoms with Crippen molar-refractivity contribution in [2.24, 2.45) is 0 Å². The van der Waals surface area contributed by atoms with Crippen molar-refractivity contribution in [2.45, 2.75) is 44.4 Å². The van der Waals surface area contributed by atoms with Gasteiger partial charge in [-0.3, -0.25) is 9.69 Å². The van der Waals surface area contributed by atoms with Crippen LogP contribution in [-0.2, 0) is 29.2 Å². The number of aromatic nitrogens is 2. The van der Waals surface area contributed by atoms with E-state index in [-0.39, 0.29) is 6.54 Å². The smallest absolute Gasteiger partial charge is 0.432 e. The summed E-state index contributed by atoms with van der Waals surface area (Å²) in [5, 5.41) is 0. The number of hydrogen-bond acceptors (Lipinski definition) is 6. The summed E-state index contributed by atoms with van der Waals surface area (Å²) in [5.74, 6) is -0.912. The second-order valence-corrected chi connectivity index (χ2v) is 9.52. The number of rotatable bonds is 7. The first-order valence-electron chi connectivity index (χ1n) is 12.2. The number of imidazole rings is 1. The molecule has 2 saturated heterocycles. The zero-order valence-electron chi connectivity index (χ0n) is 20.7. The highest BCUT2D eigenvalue weighted by atomic mass is 19.4. The molecule has 0 atom stereocenters. The van der Waals surface area contributed by atoms with Gasteiger partial charge in [-0.05, 0) is 23.3 Å². The molecule has 3 heterocycles. The molecule has 5 rings (SSSR count). The van der Waals surface area contributed by atoms with Gasteiger partial charge in [0.1, 0.15) is 5.75 Å². The van der Waals surface area contributed by atoms with Gasteiger partial charge < -0.3 is 14.0 Å². The Labute approximate surface area is 222 Å². The molecule has 1 aromatic heterocycles. The van der Waals surface area contributed by atoms with E-state index in [2.05, 4.69) is 19.5 Å². The molecule has 9 nitrogen and oxygen atoms in total. The fraction of sp³-hybridized carbons (Fsp3) is 0.333.